The summed E-state index contributed by atoms with van der Waals surface area (Å²) < 4.78 is 8.07. The number of benzene rings is 2. The zero-order valence-electron chi connectivity index (χ0n) is 17.7. The van der Waals surface area contributed by atoms with Crippen molar-refractivity contribution in [3.05, 3.63) is 77.4 Å². The van der Waals surface area contributed by atoms with Crippen molar-refractivity contribution in [1.82, 2.24) is 14.9 Å². The summed E-state index contributed by atoms with van der Waals surface area (Å²) in [5.74, 6) is 1.66. The molecule has 3 aromatic rings. The SMILES string of the molecule is CCC(Oc1ccc2c(c1)CCCC2)C(=O)NCc1ccc(-n2ccnc2C)cc1. The summed E-state index contributed by atoms with van der Waals surface area (Å²) in [4.78, 5) is 16.9. The van der Waals surface area contributed by atoms with Crippen molar-refractivity contribution in [2.75, 3.05) is 0 Å². The standard InChI is InChI=1S/C25H29N3O2/c1-3-24(30-23-13-10-20-6-4-5-7-21(20)16-23)25(29)27-17-19-8-11-22(12-9-19)28-15-14-26-18(28)2/h8-16,24H,3-7,17H2,1-2H3,(H,27,29). The fraction of sp³-hybridized carbons (Fsp3) is 0.360. The number of hydrogen-bond donors (Lipinski definition) is 1. The van der Waals surface area contributed by atoms with Gasteiger partial charge >= 0.3 is 0 Å². The number of ether oxygens (including phenoxy) is 1. The third kappa shape index (κ3) is 4.56. The lowest BCUT2D eigenvalue weighted by Gasteiger charge is -2.20. The number of nitrogens with zero attached hydrogens (tertiary/aromatic N) is 2. The van der Waals surface area contributed by atoms with Crippen molar-refractivity contribution in [2.24, 2.45) is 0 Å². The monoisotopic (exact) mass is 403 g/mol. The lowest BCUT2D eigenvalue weighted by molar-refractivity contribution is -0.128. The fourth-order valence-electron chi connectivity index (χ4n) is 4.00. The number of hydrogen-bond acceptors (Lipinski definition) is 3. The second kappa shape index (κ2) is 9.16. The molecule has 0 radical (unpaired) electrons. The van der Waals surface area contributed by atoms with Gasteiger partial charge in [-0.1, -0.05) is 25.1 Å². The molecule has 0 saturated heterocycles. The Morgan fingerprint density at radius 2 is 1.90 bits per heavy atom. The van der Waals surface area contributed by atoms with Gasteiger partial charge in [0.15, 0.2) is 6.10 Å². The maximum atomic E-state index is 12.7. The Kier molecular flexibility index (Phi) is 6.17. The average molecular weight is 404 g/mol. The van der Waals surface area contributed by atoms with Crippen LogP contribution in [0.5, 0.6) is 5.75 Å². The zero-order chi connectivity index (χ0) is 20.9. The first kappa shape index (κ1) is 20.2. The van der Waals surface area contributed by atoms with Crippen LogP contribution in [0.1, 0.15) is 48.7 Å². The van der Waals surface area contributed by atoms with Gasteiger partial charge in [-0.3, -0.25) is 4.79 Å². The van der Waals surface area contributed by atoms with Crippen LogP contribution in [0.3, 0.4) is 0 Å². The van der Waals surface area contributed by atoms with Gasteiger partial charge in [0.1, 0.15) is 11.6 Å². The number of aromatic nitrogens is 2. The largest absolute Gasteiger partial charge is 0.481 e. The number of imidazole rings is 1. The molecule has 1 amide bonds. The van der Waals surface area contributed by atoms with Crippen LogP contribution in [-0.4, -0.2) is 21.6 Å². The second-order valence-electron chi connectivity index (χ2n) is 7.88. The van der Waals surface area contributed by atoms with E-state index >= 15 is 0 Å². The Labute approximate surface area is 178 Å². The highest BCUT2D eigenvalue weighted by molar-refractivity contribution is 5.81. The number of rotatable bonds is 7. The molecule has 5 heteroatoms. The first-order valence-electron chi connectivity index (χ1n) is 10.8. The molecule has 2 aromatic carbocycles. The maximum absolute atomic E-state index is 12.7. The van der Waals surface area contributed by atoms with Gasteiger partial charge < -0.3 is 14.6 Å². The molecule has 1 aliphatic rings. The van der Waals surface area contributed by atoms with Crippen LogP contribution in [0.2, 0.25) is 0 Å². The molecule has 30 heavy (non-hydrogen) atoms. The van der Waals surface area contributed by atoms with Crippen molar-refractivity contribution < 1.29 is 9.53 Å². The van der Waals surface area contributed by atoms with E-state index in [-0.39, 0.29) is 5.91 Å². The molecule has 0 spiro atoms. The molecule has 1 heterocycles. The molecule has 4 rings (SSSR count). The topological polar surface area (TPSA) is 56.1 Å². The van der Waals surface area contributed by atoms with Crippen molar-refractivity contribution in [3.63, 3.8) is 0 Å². The summed E-state index contributed by atoms with van der Waals surface area (Å²) in [5, 5.41) is 3.02. The normalized spacial score (nSPS) is 14.1. The van der Waals surface area contributed by atoms with Gasteiger partial charge in [-0.05, 0) is 80.0 Å². The highest BCUT2D eigenvalue weighted by Gasteiger charge is 2.19. The van der Waals surface area contributed by atoms with Crippen molar-refractivity contribution in [3.8, 4) is 11.4 Å². The maximum Gasteiger partial charge on any atom is 0.261 e. The van der Waals surface area contributed by atoms with Crippen molar-refractivity contribution >= 4 is 5.91 Å². The third-order valence-corrected chi connectivity index (χ3v) is 5.77. The van der Waals surface area contributed by atoms with E-state index in [2.05, 4.69) is 22.4 Å². The molecule has 1 aromatic heterocycles. The number of amides is 1. The van der Waals surface area contributed by atoms with Crippen LogP contribution < -0.4 is 10.1 Å². The Bertz CT molecular complexity index is 1010. The molecule has 1 N–H and O–H groups in total. The van der Waals surface area contributed by atoms with E-state index in [0.717, 1.165) is 35.7 Å². The quantitative estimate of drug-likeness (QED) is 0.630. The zero-order valence-corrected chi connectivity index (χ0v) is 17.7. The minimum Gasteiger partial charge on any atom is -0.481 e. The van der Waals surface area contributed by atoms with E-state index in [1.54, 1.807) is 6.20 Å². The van der Waals surface area contributed by atoms with Gasteiger partial charge in [-0.25, -0.2) is 4.98 Å². The smallest absolute Gasteiger partial charge is 0.261 e. The number of aryl methyl sites for hydroxylation is 3. The highest BCUT2D eigenvalue weighted by Crippen LogP contribution is 2.26. The average Bonchev–Trinajstić information content (AvgIpc) is 3.22. The Morgan fingerprint density at radius 1 is 1.13 bits per heavy atom. The lowest BCUT2D eigenvalue weighted by Crippen LogP contribution is -2.37. The molecule has 0 saturated carbocycles. The minimum absolute atomic E-state index is 0.0789. The van der Waals surface area contributed by atoms with E-state index in [4.69, 9.17) is 4.74 Å². The summed E-state index contributed by atoms with van der Waals surface area (Å²) in [5.41, 5.74) is 4.89. The van der Waals surface area contributed by atoms with Gasteiger partial charge in [0, 0.05) is 24.6 Å². The third-order valence-electron chi connectivity index (χ3n) is 5.77. The van der Waals surface area contributed by atoms with E-state index in [1.807, 2.05) is 54.9 Å². The molecule has 1 unspecified atom stereocenters. The number of carbonyl (C=O) groups excluding carboxylic acids is 1. The summed E-state index contributed by atoms with van der Waals surface area (Å²) in [7, 11) is 0. The molecule has 0 bridgehead atoms. The first-order valence-corrected chi connectivity index (χ1v) is 10.8. The summed E-state index contributed by atoms with van der Waals surface area (Å²) in [6, 6.07) is 14.4. The van der Waals surface area contributed by atoms with E-state index in [0.29, 0.717) is 13.0 Å². The Hall–Kier alpha value is -3.08. The van der Waals surface area contributed by atoms with Crippen molar-refractivity contribution in [1.29, 1.82) is 0 Å². The predicted octanol–water partition coefficient (Wildman–Crippen LogP) is 4.53. The summed E-state index contributed by atoms with van der Waals surface area (Å²) >= 11 is 0. The van der Waals surface area contributed by atoms with Crippen LogP contribution in [-0.2, 0) is 24.2 Å². The van der Waals surface area contributed by atoms with Crippen LogP contribution in [0.25, 0.3) is 5.69 Å². The van der Waals surface area contributed by atoms with Crippen LogP contribution >= 0.6 is 0 Å². The number of carbonyl (C=O) groups is 1. The van der Waals surface area contributed by atoms with Crippen LogP contribution in [0, 0.1) is 6.92 Å². The summed E-state index contributed by atoms with van der Waals surface area (Å²) in [6.07, 6.45) is 8.61. The highest BCUT2D eigenvalue weighted by atomic mass is 16.5. The van der Waals surface area contributed by atoms with Crippen molar-refractivity contribution in [2.45, 2.75) is 58.6 Å². The molecule has 1 atom stereocenters. The van der Waals surface area contributed by atoms with E-state index in [1.165, 1.54) is 24.0 Å². The van der Waals surface area contributed by atoms with Gasteiger partial charge in [0.25, 0.3) is 5.91 Å². The molecule has 1 aliphatic carbocycles. The van der Waals surface area contributed by atoms with E-state index < -0.39 is 6.10 Å². The molecular formula is C25H29N3O2. The van der Waals surface area contributed by atoms with Crippen LogP contribution in [0.15, 0.2) is 54.9 Å². The fourth-order valence-corrected chi connectivity index (χ4v) is 4.00. The second-order valence-corrected chi connectivity index (χ2v) is 7.88. The number of nitrogens with one attached hydrogen (secondary N) is 1. The lowest BCUT2D eigenvalue weighted by atomic mass is 9.92. The first-order chi connectivity index (χ1) is 14.6. The molecular weight excluding hydrogens is 374 g/mol. The predicted molar refractivity (Wildman–Crippen MR) is 118 cm³/mol. The van der Waals surface area contributed by atoms with E-state index in [9.17, 15) is 4.79 Å². The van der Waals surface area contributed by atoms with Gasteiger partial charge in [0.05, 0.1) is 0 Å². The minimum atomic E-state index is -0.487. The molecule has 5 nitrogen and oxygen atoms in total. The molecule has 0 aliphatic heterocycles. The van der Waals surface area contributed by atoms with Gasteiger partial charge in [0.2, 0.25) is 0 Å². The Balaban J connectivity index is 1.35. The number of fused-ring (bicyclic) bond motifs is 1. The summed E-state index contributed by atoms with van der Waals surface area (Å²) in [6.45, 7) is 4.43. The molecule has 0 fully saturated rings. The molecule has 156 valence electrons. The van der Waals surface area contributed by atoms with Gasteiger partial charge in [-0.2, -0.15) is 0 Å². The Morgan fingerprint density at radius 3 is 2.60 bits per heavy atom. The van der Waals surface area contributed by atoms with Gasteiger partial charge in [-0.15, -0.1) is 0 Å². The van der Waals surface area contributed by atoms with Crippen LogP contribution in [0.4, 0.5) is 0 Å².